The molecule has 0 aromatic heterocycles. The first kappa shape index (κ1) is 22.5. The summed E-state index contributed by atoms with van der Waals surface area (Å²) in [4.78, 5) is 14.8. The van der Waals surface area contributed by atoms with Gasteiger partial charge < -0.3 is 9.79 Å². The Morgan fingerprint density at radius 1 is 1.38 bits per heavy atom. The van der Waals surface area contributed by atoms with Crippen molar-refractivity contribution in [2.24, 2.45) is 0 Å². The Bertz CT molecular complexity index is 65.4. The third kappa shape index (κ3) is 92.0. The first-order valence-corrected chi connectivity index (χ1v) is 2.52. The molecule has 0 aromatic rings. The quantitative estimate of drug-likeness (QED) is 0.404. The van der Waals surface area contributed by atoms with Gasteiger partial charge in [0.25, 0.3) is 7.47 Å². The fraction of sp³-hybridized carbons (Fsp3) is 0. The second kappa shape index (κ2) is 9.11. The summed E-state index contributed by atoms with van der Waals surface area (Å²) >= 11 is 0. The molecule has 3 nitrogen and oxygen atoms in total. The molecule has 0 aromatic carbocycles. The van der Waals surface area contributed by atoms with Gasteiger partial charge in [-0.15, -0.1) is 0 Å². The summed E-state index contributed by atoms with van der Waals surface area (Å²) in [6.45, 7) is 0. The van der Waals surface area contributed by atoms with Gasteiger partial charge in [-0.05, 0) is 0 Å². The molecular weight excluding hydrogens is 290 g/mol. The molecule has 0 saturated heterocycles. The van der Waals surface area contributed by atoms with E-state index in [1.807, 2.05) is 0 Å². The SMILES string of the molecule is [Ag].[AlH3].[B]P(=O)(O)O.[Zn]. The summed E-state index contributed by atoms with van der Waals surface area (Å²) in [6, 6.07) is 0. The zero-order valence-electron chi connectivity index (χ0n) is 3.34. The maximum Gasteiger partial charge on any atom is 0.258 e. The summed E-state index contributed by atoms with van der Waals surface area (Å²) in [5, 5.41) is 0. The van der Waals surface area contributed by atoms with Gasteiger partial charge in [0.15, 0.2) is 17.4 Å². The molecule has 47 valence electrons. The van der Waals surface area contributed by atoms with Crippen LogP contribution < -0.4 is 0 Å². The average molecular weight is 295 g/mol. The maximum absolute atomic E-state index is 9.10. The van der Waals surface area contributed by atoms with Crippen molar-refractivity contribution < 1.29 is 56.2 Å². The summed E-state index contributed by atoms with van der Waals surface area (Å²) in [5.74, 6) is 0. The Kier molecular flexibility index (Phi) is 25.6. The Hall–Kier alpha value is 2.11. The first-order chi connectivity index (χ1) is 2.00. The first-order valence-electron chi connectivity index (χ1n) is 0.841. The van der Waals surface area contributed by atoms with Crippen LogP contribution in [-0.4, -0.2) is 34.7 Å². The van der Waals surface area contributed by atoms with E-state index in [2.05, 4.69) is 7.57 Å². The molecule has 0 aliphatic carbocycles. The Labute approximate surface area is 87.9 Å². The van der Waals surface area contributed by atoms with Gasteiger partial charge in [0.1, 0.15) is 0 Å². The molecular formula is H5AgAlBO3PZn. The van der Waals surface area contributed by atoms with E-state index in [4.69, 9.17) is 14.4 Å². The van der Waals surface area contributed by atoms with E-state index in [0.29, 0.717) is 0 Å². The molecule has 0 bridgehead atoms. The minimum atomic E-state index is -4.14. The predicted octanol–water partition coefficient (Wildman–Crippen LogP) is -1.94. The third-order valence-corrected chi connectivity index (χ3v) is 0. The average Bonchev–Trinajstić information content (AvgIpc) is 0.722. The molecule has 2 N–H and O–H groups in total. The van der Waals surface area contributed by atoms with E-state index in [1.54, 1.807) is 0 Å². The summed E-state index contributed by atoms with van der Waals surface area (Å²) in [6.07, 6.45) is 0. The van der Waals surface area contributed by atoms with E-state index in [0.717, 1.165) is 0 Å². The molecule has 0 aliphatic rings. The Morgan fingerprint density at radius 3 is 1.38 bits per heavy atom. The molecule has 0 aliphatic heterocycles. The molecule has 8 heavy (non-hydrogen) atoms. The second-order valence-corrected chi connectivity index (χ2v) is 1.77. The van der Waals surface area contributed by atoms with Crippen LogP contribution in [0.1, 0.15) is 0 Å². The van der Waals surface area contributed by atoms with Crippen LogP contribution >= 0.6 is 7.47 Å². The monoisotopic (exact) mass is 293 g/mol. The zero-order chi connectivity index (χ0) is 4.50. The topological polar surface area (TPSA) is 57.5 Å². The fourth-order valence-electron chi connectivity index (χ4n) is 0. The van der Waals surface area contributed by atoms with Crippen LogP contribution in [0.4, 0.5) is 0 Å². The van der Waals surface area contributed by atoms with Gasteiger partial charge in [0, 0.05) is 41.9 Å². The van der Waals surface area contributed by atoms with Crippen molar-refractivity contribution in [3.8, 4) is 0 Å². The van der Waals surface area contributed by atoms with Gasteiger partial charge >= 0.3 is 0 Å². The maximum atomic E-state index is 9.10. The van der Waals surface area contributed by atoms with Crippen molar-refractivity contribution in [1.29, 1.82) is 0 Å². The van der Waals surface area contributed by atoms with E-state index in [1.165, 1.54) is 0 Å². The normalized spacial score (nSPS) is 7.25. The smallest absolute Gasteiger partial charge is 0.258 e. The Balaban J connectivity index is -0.0000000267. The van der Waals surface area contributed by atoms with Crippen LogP contribution in [-0.2, 0) is 46.4 Å². The summed E-state index contributed by atoms with van der Waals surface area (Å²) in [7, 11) is -0.118. The molecule has 0 unspecified atom stereocenters. The van der Waals surface area contributed by atoms with Crippen LogP contribution in [0.25, 0.3) is 0 Å². The third-order valence-electron chi connectivity index (χ3n) is 0. The van der Waals surface area contributed by atoms with Crippen LogP contribution in [0, 0.1) is 0 Å². The minimum absolute atomic E-state index is 0. The summed E-state index contributed by atoms with van der Waals surface area (Å²) in [5.41, 5.74) is 0. The predicted molar refractivity (Wildman–Crippen MR) is 27.7 cm³/mol. The van der Waals surface area contributed by atoms with Crippen molar-refractivity contribution >= 4 is 32.4 Å². The van der Waals surface area contributed by atoms with Gasteiger partial charge in [-0.3, -0.25) is 4.57 Å². The Morgan fingerprint density at radius 2 is 1.38 bits per heavy atom. The van der Waals surface area contributed by atoms with Crippen molar-refractivity contribution in [3.63, 3.8) is 0 Å². The van der Waals surface area contributed by atoms with E-state index < -0.39 is 7.47 Å². The van der Waals surface area contributed by atoms with Crippen LogP contribution in [0.2, 0.25) is 0 Å². The molecule has 3 radical (unpaired) electrons. The summed E-state index contributed by atoms with van der Waals surface area (Å²) < 4.78 is 9.10. The largest absolute Gasteiger partial charge is 0.333 e. The molecule has 0 amide bonds. The second-order valence-electron chi connectivity index (χ2n) is 0.589. The van der Waals surface area contributed by atoms with Gasteiger partial charge in [0.05, 0.1) is 0 Å². The molecule has 0 heterocycles. The van der Waals surface area contributed by atoms with E-state index in [9.17, 15) is 0 Å². The van der Waals surface area contributed by atoms with Gasteiger partial charge in [-0.1, -0.05) is 0 Å². The van der Waals surface area contributed by atoms with E-state index >= 15 is 0 Å². The van der Waals surface area contributed by atoms with Crippen LogP contribution in [0.3, 0.4) is 0 Å². The van der Waals surface area contributed by atoms with Crippen LogP contribution in [0.5, 0.6) is 0 Å². The van der Waals surface area contributed by atoms with Gasteiger partial charge in [-0.25, -0.2) is 0 Å². The molecule has 0 saturated carbocycles. The van der Waals surface area contributed by atoms with E-state index in [-0.39, 0.29) is 59.2 Å². The molecule has 0 spiro atoms. The molecule has 0 atom stereocenters. The fourth-order valence-corrected chi connectivity index (χ4v) is 0. The number of hydrogen-bond donors (Lipinski definition) is 2. The number of hydrogen-bond acceptors (Lipinski definition) is 1. The van der Waals surface area contributed by atoms with Crippen molar-refractivity contribution in [1.82, 2.24) is 0 Å². The molecule has 0 rings (SSSR count). The molecule has 0 fully saturated rings. The van der Waals surface area contributed by atoms with Crippen molar-refractivity contribution in [2.75, 3.05) is 0 Å². The van der Waals surface area contributed by atoms with Gasteiger partial charge in [-0.2, -0.15) is 0 Å². The van der Waals surface area contributed by atoms with Crippen molar-refractivity contribution in [2.45, 2.75) is 0 Å². The molecule has 8 heteroatoms. The minimum Gasteiger partial charge on any atom is -0.333 e. The zero-order valence-corrected chi connectivity index (χ0v) is 8.68. The van der Waals surface area contributed by atoms with Crippen molar-refractivity contribution in [3.05, 3.63) is 0 Å². The van der Waals surface area contributed by atoms with Gasteiger partial charge in [0.2, 0.25) is 7.57 Å². The number of rotatable bonds is 0. The standard InChI is InChI=1S/Ag.Al.BH2O3P.Zn.3H/c;;1-5(2,3)4;;;;/h;;(H2,2,3,4);;;;. The van der Waals surface area contributed by atoms with Crippen LogP contribution in [0.15, 0.2) is 0 Å².